The normalized spacial score (nSPS) is 10.4. The van der Waals surface area contributed by atoms with Crippen LogP contribution in [0.4, 0.5) is 10.5 Å². The van der Waals surface area contributed by atoms with E-state index in [2.05, 4.69) is 15.0 Å². The summed E-state index contributed by atoms with van der Waals surface area (Å²) in [6.45, 7) is 4.78. The minimum Gasteiger partial charge on any atom is -0.464 e. The highest BCUT2D eigenvalue weighted by Crippen LogP contribution is 2.21. The van der Waals surface area contributed by atoms with Gasteiger partial charge in [-0.1, -0.05) is 24.6 Å². The average Bonchev–Trinajstić information content (AvgIpc) is 3.05. The van der Waals surface area contributed by atoms with Gasteiger partial charge in [0.25, 0.3) is 0 Å². The third-order valence-electron chi connectivity index (χ3n) is 3.48. The third-order valence-corrected chi connectivity index (χ3v) is 4.72. The van der Waals surface area contributed by atoms with E-state index in [0.29, 0.717) is 28.8 Å². The first-order valence-electron chi connectivity index (χ1n) is 7.79. The molecule has 1 heterocycles. The first-order chi connectivity index (χ1) is 11.9. The number of halogens is 1. The Morgan fingerprint density at radius 1 is 1.40 bits per heavy atom. The number of carbonyl (C=O) groups excluding carboxylic acids is 2. The number of aryl methyl sites for hydroxylation is 1. The molecule has 134 valence electrons. The molecule has 25 heavy (non-hydrogen) atoms. The quantitative estimate of drug-likeness (QED) is 0.755. The fourth-order valence-corrected chi connectivity index (χ4v) is 3.10. The number of anilines is 1. The second-order valence-corrected chi connectivity index (χ2v) is 6.78. The summed E-state index contributed by atoms with van der Waals surface area (Å²) in [6.07, 6.45) is 0.803. The summed E-state index contributed by atoms with van der Waals surface area (Å²) in [4.78, 5) is 29.9. The molecule has 0 saturated carbocycles. The van der Waals surface area contributed by atoms with E-state index in [1.165, 1.54) is 18.4 Å². The Bertz CT molecular complexity index is 763. The van der Waals surface area contributed by atoms with E-state index in [-0.39, 0.29) is 11.7 Å². The van der Waals surface area contributed by atoms with Crippen molar-refractivity contribution in [2.45, 2.75) is 26.8 Å². The lowest BCUT2D eigenvalue weighted by Gasteiger charge is -2.21. The lowest BCUT2D eigenvalue weighted by Crippen LogP contribution is -2.35. The van der Waals surface area contributed by atoms with Gasteiger partial charge in [0, 0.05) is 22.6 Å². The monoisotopic (exact) mass is 381 g/mol. The van der Waals surface area contributed by atoms with Crippen molar-refractivity contribution in [3.63, 3.8) is 0 Å². The Morgan fingerprint density at radius 3 is 2.80 bits per heavy atom. The Morgan fingerprint density at radius 2 is 2.16 bits per heavy atom. The van der Waals surface area contributed by atoms with E-state index in [1.54, 1.807) is 16.3 Å². The smallest absolute Gasteiger partial charge is 0.357 e. The molecule has 0 radical (unpaired) electrons. The van der Waals surface area contributed by atoms with Crippen molar-refractivity contribution in [2.24, 2.45) is 0 Å². The standard InChI is InChI=1S/C17H20ClN3O3S/c1-4-7-21(9-15-20-14(10-25-15)16(22)24-3)17(23)19-12-6-5-11(2)13(18)8-12/h5-6,8,10H,4,7,9H2,1-3H3,(H,19,23). The summed E-state index contributed by atoms with van der Waals surface area (Å²) < 4.78 is 4.65. The number of urea groups is 1. The minimum atomic E-state index is -0.483. The van der Waals surface area contributed by atoms with Gasteiger partial charge in [-0.25, -0.2) is 14.6 Å². The van der Waals surface area contributed by atoms with Crippen molar-refractivity contribution >= 4 is 40.6 Å². The van der Waals surface area contributed by atoms with Crippen LogP contribution in [0, 0.1) is 6.92 Å². The van der Waals surface area contributed by atoms with Crippen LogP contribution in [0.3, 0.4) is 0 Å². The number of amides is 2. The van der Waals surface area contributed by atoms with Crippen molar-refractivity contribution in [3.8, 4) is 0 Å². The van der Waals surface area contributed by atoms with Gasteiger partial charge in [-0.2, -0.15) is 0 Å². The van der Waals surface area contributed by atoms with Crippen LogP contribution in [0.15, 0.2) is 23.6 Å². The SMILES string of the molecule is CCCN(Cc1nc(C(=O)OC)cs1)C(=O)Nc1ccc(C)c(Cl)c1. The summed E-state index contributed by atoms with van der Waals surface area (Å²) in [5.41, 5.74) is 1.84. The highest BCUT2D eigenvalue weighted by Gasteiger charge is 2.17. The number of aromatic nitrogens is 1. The van der Waals surface area contributed by atoms with Gasteiger partial charge in [-0.05, 0) is 31.0 Å². The van der Waals surface area contributed by atoms with Crippen LogP contribution in [0.1, 0.15) is 34.4 Å². The molecule has 1 N–H and O–H groups in total. The maximum Gasteiger partial charge on any atom is 0.357 e. The molecule has 0 saturated heterocycles. The van der Waals surface area contributed by atoms with Crippen LogP contribution in [-0.2, 0) is 11.3 Å². The molecular weight excluding hydrogens is 362 g/mol. The van der Waals surface area contributed by atoms with Crippen LogP contribution >= 0.6 is 22.9 Å². The van der Waals surface area contributed by atoms with Crippen molar-refractivity contribution in [1.29, 1.82) is 0 Å². The van der Waals surface area contributed by atoms with E-state index in [4.69, 9.17) is 11.6 Å². The first-order valence-corrected chi connectivity index (χ1v) is 9.05. The summed E-state index contributed by atoms with van der Waals surface area (Å²) in [7, 11) is 1.31. The van der Waals surface area contributed by atoms with Crippen LogP contribution in [0.25, 0.3) is 0 Å². The van der Waals surface area contributed by atoms with E-state index in [0.717, 1.165) is 12.0 Å². The molecule has 0 bridgehead atoms. The second kappa shape index (κ2) is 8.82. The lowest BCUT2D eigenvalue weighted by atomic mass is 10.2. The van der Waals surface area contributed by atoms with Crippen LogP contribution in [-0.4, -0.2) is 35.5 Å². The Hall–Kier alpha value is -2.12. The molecular formula is C17H20ClN3O3S. The Kier molecular flexibility index (Phi) is 6.78. The van der Waals surface area contributed by atoms with Crippen molar-refractivity contribution in [1.82, 2.24) is 9.88 Å². The summed E-state index contributed by atoms with van der Waals surface area (Å²) in [6, 6.07) is 5.14. The number of rotatable bonds is 6. The van der Waals surface area contributed by atoms with Crippen LogP contribution in [0.2, 0.25) is 5.02 Å². The van der Waals surface area contributed by atoms with Crippen LogP contribution in [0.5, 0.6) is 0 Å². The maximum absolute atomic E-state index is 12.6. The van der Waals surface area contributed by atoms with Gasteiger partial charge in [-0.3, -0.25) is 0 Å². The number of methoxy groups -OCH3 is 1. The Labute approximate surface area is 155 Å². The van der Waals surface area contributed by atoms with Gasteiger partial charge in [0.2, 0.25) is 0 Å². The van der Waals surface area contributed by atoms with E-state index < -0.39 is 5.97 Å². The summed E-state index contributed by atoms with van der Waals surface area (Å²) in [5, 5.41) is 5.74. The number of thiazole rings is 1. The fraction of sp³-hybridized carbons (Fsp3) is 0.353. The zero-order valence-electron chi connectivity index (χ0n) is 14.3. The van der Waals surface area contributed by atoms with Gasteiger partial charge in [-0.15, -0.1) is 11.3 Å². The minimum absolute atomic E-state index is 0.239. The first kappa shape index (κ1) is 19.2. The molecule has 0 atom stereocenters. The van der Waals surface area contributed by atoms with Gasteiger partial charge in [0.05, 0.1) is 13.7 Å². The number of esters is 1. The molecule has 0 unspecified atom stereocenters. The zero-order chi connectivity index (χ0) is 18.4. The molecule has 0 aliphatic heterocycles. The number of ether oxygens (including phenoxy) is 1. The average molecular weight is 382 g/mol. The van der Waals surface area contributed by atoms with Crippen molar-refractivity contribution in [3.05, 3.63) is 44.9 Å². The van der Waals surface area contributed by atoms with Crippen LogP contribution < -0.4 is 5.32 Å². The van der Waals surface area contributed by atoms with Gasteiger partial charge in [0.1, 0.15) is 5.01 Å². The maximum atomic E-state index is 12.6. The predicted octanol–water partition coefficient (Wildman–Crippen LogP) is 4.34. The summed E-state index contributed by atoms with van der Waals surface area (Å²) >= 11 is 7.42. The van der Waals surface area contributed by atoms with Crippen molar-refractivity contribution < 1.29 is 14.3 Å². The molecule has 6 nitrogen and oxygen atoms in total. The zero-order valence-corrected chi connectivity index (χ0v) is 15.9. The summed E-state index contributed by atoms with van der Waals surface area (Å²) in [5.74, 6) is -0.483. The topological polar surface area (TPSA) is 71.5 Å². The molecule has 2 rings (SSSR count). The number of benzene rings is 1. The number of hydrogen-bond acceptors (Lipinski definition) is 5. The third kappa shape index (κ3) is 5.17. The molecule has 0 aliphatic rings. The van der Waals surface area contributed by atoms with E-state index in [9.17, 15) is 9.59 Å². The van der Waals surface area contributed by atoms with Gasteiger partial charge >= 0.3 is 12.0 Å². The predicted molar refractivity (Wildman–Crippen MR) is 99.4 cm³/mol. The highest BCUT2D eigenvalue weighted by atomic mass is 35.5. The van der Waals surface area contributed by atoms with E-state index in [1.807, 2.05) is 26.0 Å². The van der Waals surface area contributed by atoms with Gasteiger partial charge < -0.3 is 15.0 Å². The molecule has 1 aromatic carbocycles. The van der Waals surface area contributed by atoms with Gasteiger partial charge in [0.15, 0.2) is 5.69 Å². The van der Waals surface area contributed by atoms with Crippen molar-refractivity contribution in [2.75, 3.05) is 19.0 Å². The largest absolute Gasteiger partial charge is 0.464 e. The molecule has 0 aliphatic carbocycles. The number of carbonyl (C=O) groups is 2. The number of nitrogens with one attached hydrogen (secondary N) is 1. The molecule has 0 spiro atoms. The number of hydrogen-bond donors (Lipinski definition) is 1. The molecule has 0 fully saturated rings. The molecule has 8 heteroatoms. The lowest BCUT2D eigenvalue weighted by molar-refractivity contribution is 0.0594. The Balaban J connectivity index is 2.08. The fourth-order valence-electron chi connectivity index (χ4n) is 2.14. The molecule has 2 aromatic rings. The second-order valence-electron chi connectivity index (χ2n) is 5.43. The highest BCUT2D eigenvalue weighted by molar-refractivity contribution is 7.09. The molecule has 1 aromatic heterocycles. The molecule has 2 amide bonds. The number of nitrogens with zero attached hydrogens (tertiary/aromatic N) is 2. The van der Waals surface area contributed by atoms with E-state index >= 15 is 0 Å².